The zero-order valence-corrected chi connectivity index (χ0v) is 11.8. The van der Waals surface area contributed by atoms with Crippen LogP contribution in [0, 0.1) is 12.8 Å². The van der Waals surface area contributed by atoms with E-state index in [4.69, 9.17) is 9.15 Å². The van der Waals surface area contributed by atoms with Crippen LogP contribution in [0.15, 0.2) is 10.5 Å². The van der Waals surface area contributed by atoms with E-state index in [0.29, 0.717) is 18.6 Å². The Bertz CT molecular complexity index is 367. The number of rotatable bonds is 7. The summed E-state index contributed by atoms with van der Waals surface area (Å²) in [7, 11) is 0. The van der Waals surface area contributed by atoms with Crippen molar-refractivity contribution in [1.82, 2.24) is 5.32 Å². The van der Waals surface area contributed by atoms with Gasteiger partial charge in [0.05, 0.1) is 6.10 Å². The van der Waals surface area contributed by atoms with Gasteiger partial charge in [-0.1, -0.05) is 13.8 Å². The lowest BCUT2D eigenvalue weighted by Crippen LogP contribution is -2.21. The van der Waals surface area contributed by atoms with Crippen molar-refractivity contribution in [3.8, 4) is 0 Å². The fourth-order valence-electron chi connectivity index (χ4n) is 2.07. The molecule has 2 rings (SSSR count). The van der Waals surface area contributed by atoms with Gasteiger partial charge in [0.1, 0.15) is 18.1 Å². The average Bonchev–Trinajstić information content (AvgIpc) is 2.57. The maximum Gasteiger partial charge on any atom is 0.130 e. The van der Waals surface area contributed by atoms with Crippen molar-refractivity contribution in [2.24, 2.45) is 5.92 Å². The number of hydrogen-bond donors (Lipinski definition) is 1. The van der Waals surface area contributed by atoms with Gasteiger partial charge in [0.15, 0.2) is 0 Å². The Morgan fingerprint density at radius 2 is 2.22 bits per heavy atom. The molecule has 1 heterocycles. The lowest BCUT2D eigenvalue weighted by atomic mass is 9.96. The van der Waals surface area contributed by atoms with E-state index in [1.54, 1.807) is 0 Å². The Kier molecular flexibility index (Phi) is 4.84. The van der Waals surface area contributed by atoms with E-state index in [1.165, 1.54) is 24.8 Å². The van der Waals surface area contributed by atoms with Gasteiger partial charge in [-0.15, -0.1) is 0 Å². The maximum absolute atomic E-state index is 5.76. The molecule has 1 fully saturated rings. The molecule has 0 unspecified atom stereocenters. The van der Waals surface area contributed by atoms with Crippen molar-refractivity contribution < 1.29 is 9.15 Å². The lowest BCUT2D eigenvalue weighted by Gasteiger charge is -2.24. The zero-order chi connectivity index (χ0) is 13.0. The minimum atomic E-state index is 0.470. The molecule has 0 amide bonds. The van der Waals surface area contributed by atoms with Gasteiger partial charge in [0.25, 0.3) is 0 Å². The summed E-state index contributed by atoms with van der Waals surface area (Å²) in [6.45, 7) is 9.00. The van der Waals surface area contributed by atoms with Gasteiger partial charge in [0.2, 0.25) is 0 Å². The average molecular weight is 251 g/mol. The first kappa shape index (κ1) is 13.6. The molecule has 0 aliphatic heterocycles. The van der Waals surface area contributed by atoms with Gasteiger partial charge in [0, 0.05) is 12.1 Å². The summed E-state index contributed by atoms with van der Waals surface area (Å²) >= 11 is 0. The predicted octanol–water partition coefficient (Wildman–Crippen LogP) is 3.40. The minimum Gasteiger partial charge on any atom is -0.464 e. The Balaban J connectivity index is 1.77. The highest BCUT2D eigenvalue weighted by Gasteiger charge is 2.18. The molecule has 1 N–H and O–H groups in total. The molecule has 0 bridgehead atoms. The first-order valence-electron chi connectivity index (χ1n) is 7.05. The first-order valence-corrected chi connectivity index (χ1v) is 7.05. The third kappa shape index (κ3) is 3.85. The van der Waals surface area contributed by atoms with E-state index in [0.717, 1.165) is 24.6 Å². The Labute approximate surface area is 110 Å². The molecule has 0 radical (unpaired) electrons. The van der Waals surface area contributed by atoms with Crippen LogP contribution in [-0.2, 0) is 17.9 Å². The summed E-state index contributed by atoms with van der Waals surface area (Å²) in [5.41, 5.74) is 1.25. The third-order valence-corrected chi connectivity index (χ3v) is 3.45. The molecule has 1 saturated carbocycles. The molecule has 0 aromatic carbocycles. The van der Waals surface area contributed by atoms with Gasteiger partial charge >= 0.3 is 0 Å². The van der Waals surface area contributed by atoms with Crippen LogP contribution in [0.4, 0.5) is 0 Å². The molecule has 18 heavy (non-hydrogen) atoms. The second-order valence-corrected chi connectivity index (χ2v) is 5.68. The van der Waals surface area contributed by atoms with E-state index in [9.17, 15) is 0 Å². The molecule has 3 nitrogen and oxygen atoms in total. The minimum absolute atomic E-state index is 0.470. The maximum atomic E-state index is 5.76. The molecule has 1 aliphatic rings. The molecule has 3 heteroatoms. The van der Waals surface area contributed by atoms with Gasteiger partial charge in [-0.3, -0.25) is 0 Å². The van der Waals surface area contributed by atoms with Crippen LogP contribution in [0.25, 0.3) is 0 Å². The third-order valence-electron chi connectivity index (χ3n) is 3.45. The fraction of sp³-hybridized carbons (Fsp3) is 0.733. The second-order valence-electron chi connectivity index (χ2n) is 5.68. The van der Waals surface area contributed by atoms with Crippen LogP contribution in [0.3, 0.4) is 0 Å². The van der Waals surface area contributed by atoms with Gasteiger partial charge in [-0.25, -0.2) is 0 Å². The van der Waals surface area contributed by atoms with Crippen molar-refractivity contribution in [1.29, 1.82) is 0 Å². The molecule has 0 spiro atoms. The summed E-state index contributed by atoms with van der Waals surface area (Å²) in [6.07, 6.45) is 4.20. The van der Waals surface area contributed by atoms with E-state index in [2.05, 4.69) is 25.2 Å². The van der Waals surface area contributed by atoms with E-state index >= 15 is 0 Å². The van der Waals surface area contributed by atoms with Crippen molar-refractivity contribution >= 4 is 0 Å². The number of hydrogen-bond acceptors (Lipinski definition) is 3. The largest absolute Gasteiger partial charge is 0.464 e. The highest BCUT2D eigenvalue weighted by Crippen LogP contribution is 2.24. The molecule has 0 atom stereocenters. The monoisotopic (exact) mass is 251 g/mol. The summed E-state index contributed by atoms with van der Waals surface area (Å²) in [5, 5.41) is 3.44. The van der Waals surface area contributed by atoms with Gasteiger partial charge < -0.3 is 14.5 Å². The van der Waals surface area contributed by atoms with E-state index in [1.807, 2.05) is 6.92 Å². The topological polar surface area (TPSA) is 34.4 Å². The number of ether oxygens (including phenoxy) is 1. The Hall–Kier alpha value is -0.800. The van der Waals surface area contributed by atoms with Crippen LogP contribution in [0.1, 0.15) is 50.2 Å². The predicted molar refractivity (Wildman–Crippen MR) is 72.4 cm³/mol. The standard InChI is InChI=1S/C15H25NO2/c1-11(2)8-16-9-13-7-15(18-12(13)3)10-17-14-5-4-6-14/h7,11,14,16H,4-6,8-10H2,1-3H3. The van der Waals surface area contributed by atoms with Crippen LogP contribution >= 0.6 is 0 Å². The van der Waals surface area contributed by atoms with Gasteiger partial charge in [-0.2, -0.15) is 0 Å². The summed E-state index contributed by atoms with van der Waals surface area (Å²) in [5.74, 6) is 2.65. The number of furan rings is 1. The zero-order valence-electron chi connectivity index (χ0n) is 11.8. The quantitative estimate of drug-likeness (QED) is 0.806. The first-order chi connectivity index (χ1) is 8.65. The van der Waals surface area contributed by atoms with Crippen LogP contribution in [-0.4, -0.2) is 12.6 Å². The second kappa shape index (κ2) is 6.39. The molecule has 1 aliphatic carbocycles. The van der Waals surface area contributed by atoms with Crippen LogP contribution in [0.5, 0.6) is 0 Å². The normalized spacial score (nSPS) is 16.2. The molecule has 102 valence electrons. The highest BCUT2D eigenvalue weighted by atomic mass is 16.5. The van der Waals surface area contributed by atoms with Crippen molar-refractivity contribution in [3.05, 3.63) is 23.2 Å². The van der Waals surface area contributed by atoms with Crippen molar-refractivity contribution in [3.63, 3.8) is 0 Å². The molecule has 1 aromatic heterocycles. The van der Waals surface area contributed by atoms with Crippen LogP contribution in [0.2, 0.25) is 0 Å². The number of nitrogens with one attached hydrogen (secondary N) is 1. The summed E-state index contributed by atoms with van der Waals surface area (Å²) in [4.78, 5) is 0. The highest BCUT2D eigenvalue weighted by molar-refractivity contribution is 5.20. The Morgan fingerprint density at radius 3 is 2.83 bits per heavy atom. The van der Waals surface area contributed by atoms with Crippen molar-refractivity contribution in [2.75, 3.05) is 6.54 Å². The molecular weight excluding hydrogens is 226 g/mol. The molecular formula is C15H25NO2. The van der Waals surface area contributed by atoms with Crippen LogP contribution < -0.4 is 5.32 Å². The lowest BCUT2D eigenvalue weighted by molar-refractivity contribution is -0.0159. The molecule has 1 aromatic rings. The summed E-state index contributed by atoms with van der Waals surface area (Å²) in [6, 6.07) is 2.13. The van der Waals surface area contributed by atoms with E-state index in [-0.39, 0.29) is 0 Å². The van der Waals surface area contributed by atoms with Gasteiger partial charge in [-0.05, 0) is 44.7 Å². The Morgan fingerprint density at radius 1 is 1.44 bits per heavy atom. The number of aryl methyl sites for hydroxylation is 1. The SMILES string of the molecule is Cc1oc(COC2CCC2)cc1CNCC(C)C. The fourth-order valence-corrected chi connectivity index (χ4v) is 2.07. The summed E-state index contributed by atoms with van der Waals surface area (Å²) < 4.78 is 11.5. The van der Waals surface area contributed by atoms with Crippen molar-refractivity contribution in [2.45, 2.75) is 59.3 Å². The smallest absolute Gasteiger partial charge is 0.130 e. The molecule has 0 saturated heterocycles. The van der Waals surface area contributed by atoms with E-state index < -0.39 is 0 Å².